The Balaban J connectivity index is 1.70. The first-order chi connectivity index (χ1) is 14.5. The maximum Gasteiger partial charge on any atom is 0.337 e. The molecule has 0 fully saturated rings. The van der Waals surface area contributed by atoms with Crippen LogP contribution in [0.3, 0.4) is 0 Å². The Bertz CT molecular complexity index is 1040. The minimum absolute atomic E-state index is 0.0569. The number of ether oxygens (including phenoxy) is 2. The molecule has 0 saturated carbocycles. The van der Waals surface area contributed by atoms with Gasteiger partial charge in [0, 0.05) is 17.3 Å². The topological polar surface area (TPSA) is 67.8 Å². The lowest BCUT2D eigenvalue weighted by Gasteiger charge is -2.14. The summed E-state index contributed by atoms with van der Waals surface area (Å²) in [5.74, 6) is 0.213. The lowest BCUT2D eigenvalue weighted by Crippen LogP contribution is -2.04. The van der Waals surface area contributed by atoms with E-state index in [0.717, 1.165) is 11.1 Å². The molecule has 0 bridgehead atoms. The third-order valence-electron chi connectivity index (χ3n) is 4.28. The monoisotopic (exact) mass is 445 g/mol. The van der Waals surface area contributed by atoms with Crippen LogP contribution in [0.25, 0.3) is 0 Å². The van der Waals surface area contributed by atoms with Crippen molar-refractivity contribution >= 4 is 34.9 Å². The maximum absolute atomic E-state index is 11.2. The standard InChI is InChI=1S/C23H21Cl2NO4/c1-2-29-22-11-15(13-26-18-7-8-20(25)19(12-18)23(27)28)6-9-21(22)30-14-16-4-3-5-17(24)10-16/h3-12,26H,2,13-14H2,1H3,(H,27,28). The van der Waals surface area contributed by atoms with Crippen LogP contribution < -0.4 is 14.8 Å². The van der Waals surface area contributed by atoms with E-state index in [1.165, 1.54) is 6.07 Å². The molecule has 5 nitrogen and oxygen atoms in total. The number of benzene rings is 3. The van der Waals surface area contributed by atoms with Crippen molar-refractivity contribution in [3.63, 3.8) is 0 Å². The molecule has 0 radical (unpaired) electrons. The Hall–Kier alpha value is -2.89. The summed E-state index contributed by atoms with van der Waals surface area (Å²) in [5, 5.41) is 13.3. The average molecular weight is 446 g/mol. The predicted octanol–water partition coefficient (Wildman–Crippen LogP) is 6.28. The molecule has 0 aliphatic heterocycles. The Morgan fingerprint density at radius 2 is 1.80 bits per heavy atom. The number of rotatable bonds is 9. The molecule has 0 aromatic heterocycles. The minimum Gasteiger partial charge on any atom is -0.490 e. The van der Waals surface area contributed by atoms with E-state index >= 15 is 0 Å². The smallest absolute Gasteiger partial charge is 0.337 e. The van der Waals surface area contributed by atoms with Crippen molar-refractivity contribution in [3.8, 4) is 11.5 Å². The highest BCUT2D eigenvalue weighted by Crippen LogP contribution is 2.30. The number of hydrogen-bond donors (Lipinski definition) is 2. The number of aromatic carboxylic acids is 1. The highest BCUT2D eigenvalue weighted by molar-refractivity contribution is 6.33. The molecule has 0 aliphatic rings. The van der Waals surface area contributed by atoms with Crippen LogP contribution in [-0.4, -0.2) is 17.7 Å². The predicted molar refractivity (Wildman–Crippen MR) is 119 cm³/mol. The van der Waals surface area contributed by atoms with Crippen LogP contribution in [-0.2, 0) is 13.2 Å². The van der Waals surface area contributed by atoms with Crippen LogP contribution in [0.2, 0.25) is 10.0 Å². The highest BCUT2D eigenvalue weighted by Gasteiger charge is 2.10. The summed E-state index contributed by atoms with van der Waals surface area (Å²) >= 11 is 11.9. The highest BCUT2D eigenvalue weighted by atomic mass is 35.5. The van der Waals surface area contributed by atoms with E-state index in [-0.39, 0.29) is 10.6 Å². The molecule has 3 rings (SSSR count). The van der Waals surface area contributed by atoms with E-state index in [1.807, 2.05) is 49.4 Å². The maximum atomic E-state index is 11.2. The van der Waals surface area contributed by atoms with Crippen molar-refractivity contribution in [2.75, 3.05) is 11.9 Å². The molecule has 0 unspecified atom stereocenters. The first-order valence-electron chi connectivity index (χ1n) is 9.36. The van der Waals surface area contributed by atoms with Crippen LogP contribution in [0.5, 0.6) is 11.5 Å². The molecule has 3 aromatic carbocycles. The molecule has 0 saturated heterocycles. The lowest BCUT2D eigenvalue weighted by atomic mass is 10.1. The summed E-state index contributed by atoms with van der Waals surface area (Å²) in [6.07, 6.45) is 0. The fraction of sp³-hybridized carbons (Fsp3) is 0.174. The van der Waals surface area contributed by atoms with Crippen molar-refractivity contribution < 1.29 is 19.4 Å². The molecule has 2 N–H and O–H groups in total. The summed E-state index contributed by atoms with van der Waals surface area (Å²) in [6, 6.07) is 18.0. The van der Waals surface area contributed by atoms with Crippen molar-refractivity contribution in [1.82, 2.24) is 0 Å². The van der Waals surface area contributed by atoms with Gasteiger partial charge >= 0.3 is 5.97 Å². The number of hydrogen-bond acceptors (Lipinski definition) is 4. The number of carboxylic acid groups (broad SMARTS) is 1. The second kappa shape index (κ2) is 10.2. The number of anilines is 1. The van der Waals surface area contributed by atoms with Gasteiger partial charge in [-0.2, -0.15) is 0 Å². The Morgan fingerprint density at radius 3 is 2.53 bits per heavy atom. The van der Waals surface area contributed by atoms with Gasteiger partial charge in [0.15, 0.2) is 11.5 Å². The molecule has 0 amide bonds. The van der Waals surface area contributed by atoms with Crippen LogP contribution in [0.1, 0.15) is 28.4 Å². The van der Waals surface area contributed by atoms with Gasteiger partial charge in [-0.05, 0) is 60.5 Å². The molecule has 156 valence electrons. The summed E-state index contributed by atoms with van der Waals surface area (Å²) in [6.45, 7) is 3.27. The number of nitrogens with one attached hydrogen (secondary N) is 1. The normalized spacial score (nSPS) is 10.5. The zero-order valence-corrected chi connectivity index (χ0v) is 17.8. The SMILES string of the molecule is CCOc1cc(CNc2ccc(Cl)c(C(=O)O)c2)ccc1OCc1cccc(Cl)c1. The number of carbonyl (C=O) groups is 1. The van der Waals surface area contributed by atoms with Crippen molar-refractivity contribution in [2.24, 2.45) is 0 Å². The van der Waals surface area contributed by atoms with E-state index in [1.54, 1.807) is 12.1 Å². The van der Waals surface area contributed by atoms with E-state index in [2.05, 4.69) is 5.32 Å². The Kier molecular flexibility index (Phi) is 7.44. The van der Waals surface area contributed by atoms with E-state index in [4.69, 9.17) is 32.7 Å². The number of carboxylic acids is 1. The van der Waals surface area contributed by atoms with Crippen molar-refractivity contribution in [1.29, 1.82) is 0 Å². The lowest BCUT2D eigenvalue weighted by molar-refractivity contribution is 0.0697. The molecule has 7 heteroatoms. The van der Waals surface area contributed by atoms with E-state index in [0.29, 0.717) is 42.0 Å². The van der Waals surface area contributed by atoms with E-state index in [9.17, 15) is 9.90 Å². The summed E-state index contributed by atoms with van der Waals surface area (Å²) < 4.78 is 11.7. The second-order valence-corrected chi connectivity index (χ2v) is 7.33. The van der Waals surface area contributed by atoms with Gasteiger partial charge in [-0.25, -0.2) is 4.79 Å². The first kappa shape index (κ1) is 21.8. The van der Waals surface area contributed by atoms with Gasteiger partial charge in [-0.1, -0.05) is 41.4 Å². The fourth-order valence-electron chi connectivity index (χ4n) is 2.84. The average Bonchev–Trinajstić information content (AvgIpc) is 2.72. The fourth-order valence-corrected chi connectivity index (χ4v) is 3.25. The van der Waals surface area contributed by atoms with Gasteiger partial charge in [0.1, 0.15) is 6.61 Å². The van der Waals surface area contributed by atoms with Gasteiger partial charge in [0.05, 0.1) is 17.2 Å². The Morgan fingerprint density at radius 1 is 0.967 bits per heavy atom. The molecule has 0 atom stereocenters. The van der Waals surface area contributed by atoms with Crippen LogP contribution in [0.4, 0.5) is 5.69 Å². The molecule has 3 aromatic rings. The van der Waals surface area contributed by atoms with Crippen LogP contribution in [0.15, 0.2) is 60.7 Å². The van der Waals surface area contributed by atoms with E-state index < -0.39 is 5.97 Å². The van der Waals surface area contributed by atoms with Gasteiger partial charge < -0.3 is 19.9 Å². The quantitative estimate of drug-likeness (QED) is 0.405. The van der Waals surface area contributed by atoms with Crippen LogP contribution in [0, 0.1) is 0 Å². The van der Waals surface area contributed by atoms with Gasteiger partial charge in [-0.15, -0.1) is 0 Å². The van der Waals surface area contributed by atoms with Crippen LogP contribution >= 0.6 is 23.2 Å². The summed E-state index contributed by atoms with van der Waals surface area (Å²) in [7, 11) is 0. The van der Waals surface area contributed by atoms with Gasteiger partial charge in [-0.3, -0.25) is 0 Å². The summed E-state index contributed by atoms with van der Waals surface area (Å²) in [4.78, 5) is 11.2. The second-order valence-electron chi connectivity index (χ2n) is 6.49. The Labute approximate surface area is 185 Å². The van der Waals surface area contributed by atoms with Gasteiger partial charge in [0.25, 0.3) is 0 Å². The molecular weight excluding hydrogens is 425 g/mol. The third kappa shape index (κ3) is 5.81. The zero-order chi connectivity index (χ0) is 21.5. The summed E-state index contributed by atoms with van der Waals surface area (Å²) in [5.41, 5.74) is 2.64. The number of halogens is 2. The van der Waals surface area contributed by atoms with Gasteiger partial charge in [0.2, 0.25) is 0 Å². The third-order valence-corrected chi connectivity index (χ3v) is 4.85. The molecule has 0 spiro atoms. The van der Waals surface area contributed by atoms with Crippen molar-refractivity contribution in [3.05, 3.63) is 87.4 Å². The zero-order valence-electron chi connectivity index (χ0n) is 16.3. The van der Waals surface area contributed by atoms with Crippen molar-refractivity contribution in [2.45, 2.75) is 20.1 Å². The largest absolute Gasteiger partial charge is 0.490 e. The molecule has 30 heavy (non-hydrogen) atoms. The first-order valence-corrected chi connectivity index (χ1v) is 10.1. The molecular formula is C23H21Cl2NO4. The minimum atomic E-state index is -1.07. The molecule has 0 aliphatic carbocycles. The molecule has 0 heterocycles.